The van der Waals surface area contributed by atoms with Crippen molar-refractivity contribution in [2.24, 2.45) is 0 Å². The Balaban J connectivity index is 2.34. The quantitative estimate of drug-likeness (QED) is 0.468. The van der Waals surface area contributed by atoms with Crippen molar-refractivity contribution < 1.29 is 15.3 Å². The van der Waals surface area contributed by atoms with Crippen molar-refractivity contribution in [2.45, 2.75) is 50.5 Å². The highest BCUT2D eigenvalue weighted by Crippen LogP contribution is 2.15. The first kappa shape index (κ1) is 10.9. The summed E-state index contributed by atoms with van der Waals surface area (Å²) in [6.45, 7) is 2.43. The molecule has 0 spiro atoms. The van der Waals surface area contributed by atoms with Gasteiger partial charge in [0.05, 0.1) is 24.4 Å². The first-order valence-corrected chi connectivity index (χ1v) is 4.94. The Kier molecular flexibility index (Phi) is 4.12. The number of aliphatic hydroxyl groups excluding tert-OH is 3. The zero-order chi connectivity index (χ0) is 9.84. The molecule has 0 aromatic heterocycles. The van der Waals surface area contributed by atoms with Crippen molar-refractivity contribution in [2.75, 3.05) is 6.54 Å². The van der Waals surface area contributed by atoms with Gasteiger partial charge in [0.25, 0.3) is 0 Å². The van der Waals surface area contributed by atoms with Crippen LogP contribution in [0.25, 0.3) is 0 Å². The average molecular weight is 189 g/mol. The smallest absolute Gasteiger partial charge is 0.0989 e. The first-order chi connectivity index (χ1) is 6.16. The van der Waals surface area contributed by atoms with Gasteiger partial charge in [0.15, 0.2) is 0 Å². The largest absolute Gasteiger partial charge is 0.391 e. The van der Waals surface area contributed by atoms with Crippen LogP contribution < -0.4 is 5.32 Å². The predicted octanol–water partition coefficient (Wildman–Crippen LogP) is -0.769. The van der Waals surface area contributed by atoms with Gasteiger partial charge in [0.2, 0.25) is 0 Å². The Bertz CT molecular complexity index is 154. The predicted molar refractivity (Wildman–Crippen MR) is 49.3 cm³/mol. The molecular weight excluding hydrogens is 170 g/mol. The van der Waals surface area contributed by atoms with Crippen LogP contribution in [0, 0.1) is 0 Å². The fraction of sp³-hybridized carbons (Fsp3) is 1.00. The molecule has 4 nitrogen and oxygen atoms in total. The summed E-state index contributed by atoms with van der Waals surface area (Å²) < 4.78 is 0. The van der Waals surface area contributed by atoms with E-state index < -0.39 is 18.3 Å². The number of hydrogen-bond donors (Lipinski definition) is 4. The van der Waals surface area contributed by atoms with Crippen molar-refractivity contribution in [3.63, 3.8) is 0 Å². The highest BCUT2D eigenvalue weighted by atomic mass is 16.3. The van der Waals surface area contributed by atoms with Gasteiger partial charge in [-0.15, -0.1) is 0 Å². The number of nitrogens with one attached hydrogen (secondary N) is 1. The first-order valence-electron chi connectivity index (χ1n) is 4.94. The van der Waals surface area contributed by atoms with Crippen molar-refractivity contribution in [1.29, 1.82) is 0 Å². The lowest BCUT2D eigenvalue weighted by Crippen LogP contribution is -2.43. The number of β-amino-alcohol motifs (C(OH)–C–C–N with tert-alkyl or cyclic N) is 1. The third-order valence-electron chi connectivity index (χ3n) is 2.59. The Morgan fingerprint density at radius 1 is 1.46 bits per heavy atom. The van der Waals surface area contributed by atoms with Crippen LogP contribution in [0.15, 0.2) is 0 Å². The fourth-order valence-corrected chi connectivity index (χ4v) is 1.69. The van der Waals surface area contributed by atoms with E-state index in [1.165, 1.54) is 0 Å². The van der Waals surface area contributed by atoms with E-state index in [1.54, 1.807) is 0 Å². The molecule has 0 aromatic rings. The average Bonchev–Trinajstić information content (AvgIpc) is 2.44. The molecule has 1 aliphatic heterocycles. The van der Waals surface area contributed by atoms with Crippen molar-refractivity contribution in [3.8, 4) is 0 Å². The van der Waals surface area contributed by atoms with Gasteiger partial charge in [-0.25, -0.2) is 0 Å². The molecule has 1 rings (SSSR count). The van der Waals surface area contributed by atoms with E-state index in [-0.39, 0.29) is 6.04 Å². The van der Waals surface area contributed by atoms with Gasteiger partial charge >= 0.3 is 0 Å². The Hall–Kier alpha value is -0.160. The summed E-state index contributed by atoms with van der Waals surface area (Å²) >= 11 is 0. The third-order valence-corrected chi connectivity index (χ3v) is 2.59. The summed E-state index contributed by atoms with van der Waals surface area (Å²) in [5.41, 5.74) is 0. The van der Waals surface area contributed by atoms with Gasteiger partial charge in [-0.1, -0.05) is 19.8 Å². The molecule has 4 heteroatoms. The minimum Gasteiger partial charge on any atom is -0.391 e. The molecule has 0 amide bonds. The zero-order valence-electron chi connectivity index (χ0n) is 7.98. The molecule has 1 saturated heterocycles. The maximum absolute atomic E-state index is 9.63. The van der Waals surface area contributed by atoms with E-state index in [1.807, 2.05) is 0 Å². The van der Waals surface area contributed by atoms with Gasteiger partial charge < -0.3 is 20.6 Å². The molecule has 1 aliphatic rings. The summed E-state index contributed by atoms with van der Waals surface area (Å²) in [5, 5.41) is 31.2. The molecule has 0 aromatic carbocycles. The molecule has 0 aliphatic carbocycles. The molecular formula is C9H19NO3. The van der Waals surface area contributed by atoms with Gasteiger partial charge in [-0.2, -0.15) is 0 Å². The fourth-order valence-electron chi connectivity index (χ4n) is 1.69. The molecule has 0 bridgehead atoms. The van der Waals surface area contributed by atoms with Crippen molar-refractivity contribution >= 4 is 0 Å². The second-order valence-corrected chi connectivity index (χ2v) is 3.70. The lowest BCUT2D eigenvalue weighted by atomic mass is 10.0. The maximum Gasteiger partial charge on any atom is 0.0989 e. The molecule has 4 N–H and O–H groups in total. The highest BCUT2D eigenvalue weighted by Gasteiger charge is 2.36. The number of rotatable bonds is 4. The molecule has 78 valence electrons. The summed E-state index contributed by atoms with van der Waals surface area (Å²) in [6.07, 6.45) is 0.544. The molecule has 0 saturated carbocycles. The Labute approximate surface area is 78.6 Å². The molecule has 1 heterocycles. The Morgan fingerprint density at radius 3 is 2.62 bits per heavy atom. The molecule has 13 heavy (non-hydrogen) atoms. The number of aliphatic hydroxyl groups is 3. The maximum atomic E-state index is 9.63. The number of hydrogen-bond acceptors (Lipinski definition) is 4. The minimum absolute atomic E-state index is 0.360. The highest BCUT2D eigenvalue weighted by molar-refractivity contribution is 4.94. The lowest BCUT2D eigenvalue weighted by Gasteiger charge is -2.21. The monoisotopic (exact) mass is 189 g/mol. The Morgan fingerprint density at radius 2 is 2.15 bits per heavy atom. The van der Waals surface area contributed by atoms with E-state index in [2.05, 4.69) is 12.2 Å². The topological polar surface area (TPSA) is 72.7 Å². The van der Waals surface area contributed by atoms with Crippen molar-refractivity contribution in [1.82, 2.24) is 5.32 Å². The van der Waals surface area contributed by atoms with Crippen LogP contribution in [0.3, 0.4) is 0 Å². The van der Waals surface area contributed by atoms with Gasteiger partial charge in [-0.3, -0.25) is 0 Å². The molecule has 1 unspecified atom stereocenters. The van der Waals surface area contributed by atoms with E-state index in [9.17, 15) is 15.3 Å². The molecule has 0 radical (unpaired) electrons. The summed E-state index contributed by atoms with van der Waals surface area (Å²) in [4.78, 5) is 0. The third kappa shape index (κ3) is 2.64. The van der Waals surface area contributed by atoms with Crippen LogP contribution in [0.5, 0.6) is 0 Å². The lowest BCUT2D eigenvalue weighted by molar-refractivity contribution is 0.00422. The zero-order valence-corrected chi connectivity index (χ0v) is 7.98. The van der Waals surface area contributed by atoms with Crippen LogP contribution in [0.1, 0.15) is 26.2 Å². The van der Waals surface area contributed by atoms with E-state index in [4.69, 9.17) is 0 Å². The number of unbranched alkanes of at least 4 members (excludes halogenated alkanes) is 1. The summed E-state index contributed by atoms with van der Waals surface area (Å²) in [6, 6.07) is -0.360. The van der Waals surface area contributed by atoms with E-state index in [0.29, 0.717) is 13.0 Å². The SMILES string of the molecule is CCCCC(O)[C@@H]1NC[C@H](O)[C@H]1O. The summed E-state index contributed by atoms with van der Waals surface area (Å²) in [5.74, 6) is 0. The van der Waals surface area contributed by atoms with E-state index in [0.717, 1.165) is 12.8 Å². The van der Waals surface area contributed by atoms with Crippen LogP contribution >= 0.6 is 0 Å². The summed E-state index contributed by atoms with van der Waals surface area (Å²) in [7, 11) is 0. The molecule has 1 fully saturated rings. The van der Waals surface area contributed by atoms with Gasteiger partial charge in [-0.05, 0) is 6.42 Å². The van der Waals surface area contributed by atoms with Crippen molar-refractivity contribution in [3.05, 3.63) is 0 Å². The molecule has 4 atom stereocenters. The second-order valence-electron chi connectivity index (χ2n) is 3.70. The van der Waals surface area contributed by atoms with Crippen LogP contribution in [-0.2, 0) is 0 Å². The van der Waals surface area contributed by atoms with Gasteiger partial charge in [0.1, 0.15) is 0 Å². The van der Waals surface area contributed by atoms with Gasteiger partial charge in [0, 0.05) is 6.54 Å². The van der Waals surface area contributed by atoms with Crippen LogP contribution in [0.2, 0.25) is 0 Å². The standard InChI is InChI=1S/C9H19NO3/c1-2-3-4-6(11)8-9(13)7(12)5-10-8/h6-13H,2-5H2,1H3/t6?,7-,8-,9+/m0/s1. The van der Waals surface area contributed by atoms with Crippen LogP contribution in [0.4, 0.5) is 0 Å². The normalized spacial score (nSPS) is 36.5. The van der Waals surface area contributed by atoms with E-state index >= 15 is 0 Å². The van der Waals surface area contributed by atoms with Crippen LogP contribution in [-0.4, -0.2) is 46.2 Å². The minimum atomic E-state index is -0.827. The second kappa shape index (κ2) is 4.91.